The molecular formula is C9H16BrNO2. The normalized spacial score (nSPS) is 22.8. The Labute approximate surface area is 87.6 Å². The summed E-state index contributed by atoms with van der Waals surface area (Å²) >= 11 is 3.41. The van der Waals surface area contributed by atoms with Crippen LogP contribution >= 0.6 is 15.9 Å². The molecule has 0 aromatic rings. The third-order valence-electron chi connectivity index (χ3n) is 2.29. The van der Waals surface area contributed by atoms with Crippen LogP contribution in [0.5, 0.6) is 0 Å². The Hall–Kier alpha value is -0.0900. The van der Waals surface area contributed by atoms with Gasteiger partial charge in [0.1, 0.15) is 0 Å². The quantitative estimate of drug-likeness (QED) is 0.543. The number of nitrogens with zero attached hydrogens (tertiary/aromatic N) is 1. The predicted octanol–water partition coefficient (Wildman–Crippen LogP) is 1.27. The van der Waals surface area contributed by atoms with Gasteiger partial charge in [0.25, 0.3) is 0 Å². The Morgan fingerprint density at radius 3 is 3.00 bits per heavy atom. The van der Waals surface area contributed by atoms with Gasteiger partial charge >= 0.3 is 0 Å². The topological polar surface area (TPSA) is 29.5 Å². The predicted molar refractivity (Wildman–Crippen MR) is 55.0 cm³/mol. The molecule has 0 saturated carbocycles. The van der Waals surface area contributed by atoms with Gasteiger partial charge in [-0.3, -0.25) is 4.79 Å². The van der Waals surface area contributed by atoms with E-state index in [1.165, 1.54) is 0 Å². The van der Waals surface area contributed by atoms with E-state index in [2.05, 4.69) is 15.9 Å². The van der Waals surface area contributed by atoms with E-state index in [4.69, 9.17) is 4.74 Å². The zero-order chi connectivity index (χ0) is 9.68. The lowest BCUT2D eigenvalue weighted by atomic mass is 10.2. The van der Waals surface area contributed by atoms with E-state index >= 15 is 0 Å². The van der Waals surface area contributed by atoms with Crippen molar-refractivity contribution in [3.63, 3.8) is 0 Å². The summed E-state index contributed by atoms with van der Waals surface area (Å²) < 4.78 is 4.94. The van der Waals surface area contributed by atoms with Crippen LogP contribution in [0.3, 0.4) is 0 Å². The molecule has 0 radical (unpaired) electrons. The zero-order valence-electron chi connectivity index (χ0n) is 7.96. The molecule has 1 atom stereocenters. The first kappa shape index (κ1) is 11.0. The zero-order valence-corrected chi connectivity index (χ0v) is 9.55. The Bertz CT molecular complexity index is 175. The maximum Gasteiger partial charge on any atom is 0.222 e. The Morgan fingerprint density at radius 2 is 2.46 bits per heavy atom. The minimum Gasteiger partial charge on any atom is -0.385 e. The van der Waals surface area contributed by atoms with Gasteiger partial charge < -0.3 is 9.64 Å². The molecule has 1 amide bonds. The average Bonchev–Trinajstić information content (AvgIpc) is 2.48. The summed E-state index contributed by atoms with van der Waals surface area (Å²) in [5.74, 6) is 0.801. The molecule has 1 unspecified atom stereocenters. The standard InChI is InChI=1S/C9H16BrNO2/c1-13-4-2-3-11-7-8(6-10)5-9(11)12/h8H,2-7H2,1H3. The molecule has 4 heteroatoms. The summed E-state index contributed by atoms with van der Waals surface area (Å²) in [5.41, 5.74) is 0. The lowest BCUT2D eigenvalue weighted by Crippen LogP contribution is -2.27. The highest BCUT2D eigenvalue weighted by molar-refractivity contribution is 9.09. The fraction of sp³-hybridized carbons (Fsp3) is 0.889. The molecular weight excluding hydrogens is 234 g/mol. The molecule has 0 aliphatic carbocycles. The van der Waals surface area contributed by atoms with Crippen molar-refractivity contribution >= 4 is 21.8 Å². The highest BCUT2D eigenvalue weighted by Gasteiger charge is 2.27. The van der Waals surface area contributed by atoms with Gasteiger partial charge in [0.15, 0.2) is 0 Å². The summed E-state index contributed by atoms with van der Waals surface area (Å²) in [7, 11) is 1.69. The van der Waals surface area contributed by atoms with Crippen molar-refractivity contribution in [1.29, 1.82) is 0 Å². The van der Waals surface area contributed by atoms with Crippen molar-refractivity contribution in [2.45, 2.75) is 12.8 Å². The maximum absolute atomic E-state index is 11.4. The van der Waals surface area contributed by atoms with E-state index in [0.717, 1.165) is 31.4 Å². The first-order chi connectivity index (χ1) is 6.27. The minimum absolute atomic E-state index is 0.292. The highest BCUT2D eigenvalue weighted by atomic mass is 79.9. The molecule has 13 heavy (non-hydrogen) atoms. The van der Waals surface area contributed by atoms with Crippen LogP contribution in [0, 0.1) is 5.92 Å². The van der Waals surface area contributed by atoms with E-state index in [0.29, 0.717) is 18.2 Å². The van der Waals surface area contributed by atoms with Crippen LogP contribution in [-0.2, 0) is 9.53 Å². The van der Waals surface area contributed by atoms with Gasteiger partial charge in [-0.25, -0.2) is 0 Å². The lowest BCUT2D eigenvalue weighted by Gasteiger charge is -2.15. The van der Waals surface area contributed by atoms with Crippen LogP contribution < -0.4 is 0 Å². The fourth-order valence-corrected chi connectivity index (χ4v) is 2.01. The molecule has 1 aliphatic rings. The number of methoxy groups -OCH3 is 1. The van der Waals surface area contributed by atoms with Gasteiger partial charge in [-0.2, -0.15) is 0 Å². The molecule has 3 nitrogen and oxygen atoms in total. The van der Waals surface area contributed by atoms with E-state index in [1.807, 2.05) is 4.90 Å². The van der Waals surface area contributed by atoms with Crippen molar-refractivity contribution < 1.29 is 9.53 Å². The van der Waals surface area contributed by atoms with Crippen LogP contribution in [-0.4, -0.2) is 42.9 Å². The number of carbonyl (C=O) groups excluding carboxylic acids is 1. The van der Waals surface area contributed by atoms with Crippen molar-refractivity contribution in [2.75, 3.05) is 32.1 Å². The fourth-order valence-electron chi connectivity index (χ4n) is 1.57. The third kappa shape index (κ3) is 3.27. The Kier molecular flexibility index (Phi) is 4.73. The molecule has 0 N–H and O–H groups in total. The summed E-state index contributed by atoms with van der Waals surface area (Å²) in [6, 6.07) is 0. The Balaban J connectivity index is 2.23. The summed E-state index contributed by atoms with van der Waals surface area (Å²) in [5, 5.41) is 0.930. The molecule has 1 heterocycles. The number of hydrogen-bond donors (Lipinski definition) is 0. The second-order valence-corrected chi connectivity index (χ2v) is 4.06. The van der Waals surface area contributed by atoms with Gasteiger partial charge in [-0.15, -0.1) is 0 Å². The van der Waals surface area contributed by atoms with Crippen molar-refractivity contribution in [1.82, 2.24) is 4.90 Å². The molecule has 0 bridgehead atoms. The van der Waals surface area contributed by atoms with Gasteiger partial charge in [0.05, 0.1) is 0 Å². The van der Waals surface area contributed by atoms with E-state index in [-0.39, 0.29) is 0 Å². The van der Waals surface area contributed by atoms with Crippen LogP contribution in [0.2, 0.25) is 0 Å². The van der Waals surface area contributed by atoms with Gasteiger partial charge in [-0.1, -0.05) is 15.9 Å². The van der Waals surface area contributed by atoms with E-state index < -0.39 is 0 Å². The number of hydrogen-bond acceptors (Lipinski definition) is 2. The second kappa shape index (κ2) is 5.60. The molecule has 0 spiro atoms. The first-order valence-corrected chi connectivity index (χ1v) is 5.72. The number of rotatable bonds is 5. The lowest BCUT2D eigenvalue weighted by molar-refractivity contribution is -0.127. The minimum atomic E-state index is 0.292. The third-order valence-corrected chi connectivity index (χ3v) is 3.20. The van der Waals surface area contributed by atoms with E-state index in [9.17, 15) is 4.79 Å². The molecule has 1 fully saturated rings. The Morgan fingerprint density at radius 1 is 1.69 bits per heavy atom. The summed E-state index contributed by atoms with van der Waals surface area (Å²) in [6.07, 6.45) is 1.65. The summed E-state index contributed by atoms with van der Waals surface area (Å²) in [6.45, 7) is 2.49. The molecule has 1 aliphatic heterocycles. The molecule has 76 valence electrons. The number of likely N-dealkylation sites (tertiary alicyclic amines) is 1. The smallest absolute Gasteiger partial charge is 0.222 e. The maximum atomic E-state index is 11.4. The van der Waals surface area contributed by atoms with Gasteiger partial charge in [0.2, 0.25) is 5.91 Å². The van der Waals surface area contributed by atoms with E-state index in [1.54, 1.807) is 7.11 Å². The number of ether oxygens (including phenoxy) is 1. The van der Waals surface area contributed by atoms with Crippen molar-refractivity contribution in [3.05, 3.63) is 0 Å². The molecule has 0 aromatic heterocycles. The number of halogens is 1. The van der Waals surface area contributed by atoms with Crippen molar-refractivity contribution in [3.8, 4) is 0 Å². The van der Waals surface area contributed by atoms with Crippen LogP contribution in [0.25, 0.3) is 0 Å². The largest absolute Gasteiger partial charge is 0.385 e. The van der Waals surface area contributed by atoms with Gasteiger partial charge in [-0.05, 0) is 12.3 Å². The van der Waals surface area contributed by atoms with Crippen molar-refractivity contribution in [2.24, 2.45) is 5.92 Å². The van der Waals surface area contributed by atoms with Gasteiger partial charge in [0, 0.05) is 38.6 Å². The molecule has 1 saturated heterocycles. The summed E-state index contributed by atoms with van der Waals surface area (Å²) in [4.78, 5) is 13.3. The highest BCUT2D eigenvalue weighted by Crippen LogP contribution is 2.19. The number of alkyl halides is 1. The number of carbonyl (C=O) groups is 1. The first-order valence-electron chi connectivity index (χ1n) is 4.60. The average molecular weight is 250 g/mol. The van der Waals surface area contributed by atoms with Crippen LogP contribution in [0.1, 0.15) is 12.8 Å². The van der Waals surface area contributed by atoms with Crippen LogP contribution in [0.4, 0.5) is 0 Å². The molecule has 0 aromatic carbocycles. The molecule has 1 rings (SSSR count). The van der Waals surface area contributed by atoms with Crippen LogP contribution in [0.15, 0.2) is 0 Å². The SMILES string of the molecule is COCCCN1CC(CBr)CC1=O. The second-order valence-electron chi connectivity index (χ2n) is 3.41. The number of amides is 1. The monoisotopic (exact) mass is 249 g/mol.